The van der Waals surface area contributed by atoms with Crippen molar-refractivity contribution in [1.82, 2.24) is 4.67 Å². The number of methoxy groups -OCH3 is 1. The first kappa shape index (κ1) is 12.4. The van der Waals surface area contributed by atoms with Gasteiger partial charge in [0.25, 0.3) is 0 Å². The zero-order chi connectivity index (χ0) is 12.8. The molecule has 3 rings (SSSR count). The Morgan fingerprint density at radius 3 is 2.56 bits per heavy atom. The number of nitrogens with zero attached hydrogens (tertiary/aromatic N) is 1. The van der Waals surface area contributed by atoms with Gasteiger partial charge in [-0.05, 0) is 42.4 Å². The van der Waals surface area contributed by atoms with E-state index in [1.165, 1.54) is 31.5 Å². The van der Waals surface area contributed by atoms with Crippen LogP contribution in [-0.2, 0) is 5.41 Å². The number of ether oxygens (including phenoxy) is 1. The molecule has 98 valence electrons. The Bertz CT molecular complexity index is 434. The molecule has 1 aromatic carbocycles. The molecule has 1 aliphatic carbocycles. The predicted molar refractivity (Wildman–Crippen MR) is 77.8 cm³/mol. The highest BCUT2D eigenvalue weighted by atomic mass is 31.0. The fourth-order valence-electron chi connectivity index (χ4n) is 3.97. The van der Waals surface area contributed by atoms with Gasteiger partial charge in [-0.3, -0.25) is 4.67 Å². The maximum absolute atomic E-state index is 5.39. The Morgan fingerprint density at radius 1 is 1.28 bits per heavy atom. The van der Waals surface area contributed by atoms with Gasteiger partial charge in [0.1, 0.15) is 5.75 Å². The molecule has 2 fully saturated rings. The molecule has 1 aliphatic heterocycles. The van der Waals surface area contributed by atoms with Crippen molar-refractivity contribution in [3.8, 4) is 5.75 Å². The van der Waals surface area contributed by atoms with Crippen molar-refractivity contribution in [1.29, 1.82) is 0 Å². The van der Waals surface area contributed by atoms with Crippen LogP contribution < -0.4 is 4.74 Å². The highest BCUT2D eigenvalue weighted by molar-refractivity contribution is 7.13. The van der Waals surface area contributed by atoms with E-state index >= 15 is 0 Å². The predicted octanol–water partition coefficient (Wildman–Crippen LogP) is 3.08. The zero-order valence-electron chi connectivity index (χ0n) is 11.2. The summed E-state index contributed by atoms with van der Waals surface area (Å²) in [5, 5.41) is 0. The van der Waals surface area contributed by atoms with Crippen LogP contribution in [0.2, 0.25) is 0 Å². The number of rotatable bonds is 2. The summed E-state index contributed by atoms with van der Waals surface area (Å²) in [5.41, 5.74) is 1.80. The summed E-state index contributed by atoms with van der Waals surface area (Å²) in [6.07, 6.45) is 2.73. The molecule has 2 nitrogen and oxygen atoms in total. The van der Waals surface area contributed by atoms with Gasteiger partial charge in [0.05, 0.1) is 7.11 Å². The molecule has 18 heavy (non-hydrogen) atoms. The van der Waals surface area contributed by atoms with Gasteiger partial charge in [0.2, 0.25) is 0 Å². The van der Waals surface area contributed by atoms with Gasteiger partial charge in [-0.1, -0.05) is 28.4 Å². The summed E-state index contributed by atoms with van der Waals surface area (Å²) >= 11 is 0. The van der Waals surface area contributed by atoms with Gasteiger partial charge in [0, 0.05) is 18.5 Å². The third-order valence-electron chi connectivity index (χ3n) is 5.16. The van der Waals surface area contributed by atoms with Crippen LogP contribution in [0.5, 0.6) is 5.75 Å². The number of hydrogen-bond donors (Lipinski definition) is 0. The van der Waals surface area contributed by atoms with Crippen LogP contribution in [-0.4, -0.2) is 24.9 Å². The topological polar surface area (TPSA) is 12.5 Å². The molecule has 2 bridgehead atoms. The van der Waals surface area contributed by atoms with E-state index in [-0.39, 0.29) is 0 Å². The Kier molecular flexibility index (Phi) is 3.11. The lowest BCUT2D eigenvalue weighted by Crippen LogP contribution is -2.46. The number of piperidine rings is 1. The summed E-state index contributed by atoms with van der Waals surface area (Å²) in [4.78, 5) is 0. The van der Waals surface area contributed by atoms with E-state index in [9.17, 15) is 0 Å². The van der Waals surface area contributed by atoms with E-state index in [1.807, 2.05) is 6.07 Å². The van der Waals surface area contributed by atoms with E-state index in [0.717, 1.165) is 17.6 Å². The lowest BCUT2D eigenvalue weighted by Gasteiger charge is -2.45. The first-order chi connectivity index (χ1) is 8.64. The van der Waals surface area contributed by atoms with Crippen molar-refractivity contribution < 1.29 is 4.74 Å². The lowest BCUT2D eigenvalue weighted by molar-refractivity contribution is 0.155. The first-order valence-corrected chi connectivity index (χ1v) is 7.30. The maximum Gasteiger partial charge on any atom is 0.119 e. The Morgan fingerprint density at radius 2 is 1.94 bits per heavy atom. The number of benzene rings is 1. The molecule has 0 aromatic heterocycles. The van der Waals surface area contributed by atoms with Gasteiger partial charge >= 0.3 is 0 Å². The van der Waals surface area contributed by atoms with E-state index in [2.05, 4.69) is 39.2 Å². The molecule has 0 radical (unpaired) electrons. The summed E-state index contributed by atoms with van der Waals surface area (Å²) in [6.45, 7) is 4.87. The summed E-state index contributed by atoms with van der Waals surface area (Å²) in [5.74, 6) is 2.54. The molecule has 3 unspecified atom stereocenters. The van der Waals surface area contributed by atoms with E-state index < -0.39 is 0 Å². The molecule has 1 saturated carbocycles. The Labute approximate surface area is 112 Å². The average molecular weight is 263 g/mol. The van der Waals surface area contributed by atoms with Crippen molar-refractivity contribution in [2.45, 2.75) is 25.2 Å². The maximum atomic E-state index is 5.39. The van der Waals surface area contributed by atoms with Crippen LogP contribution in [0, 0.1) is 11.8 Å². The van der Waals surface area contributed by atoms with Crippen molar-refractivity contribution in [2.75, 3.05) is 20.2 Å². The van der Waals surface area contributed by atoms with Crippen molar-refractivity contribution >= 4 is 9.39 Å². The van der Waals surface area contributed by atoms with E-state index in [1.54, 1.807) is 7.11 Å². The van der Waals surface area contributed by atoms with Crippen LogP contribution in [0.4, 0.5) is 0 Å². The minimum atomic E-state index is 0.335. The van der Waals surface area contributed by atoms with Gasteiger partial charge in [0.15, 0.2) is 0 Å². The Hall–Kier alpha value is -0.590. The monoisotopic (exact) mass is 263 g/mol. The fourth-order valence-corrected chi connectivity index (χ4v) is 4.48. The van der Waals surface area contributed by atoms with Crippen LogP contribution in [0.25, 0.3) is 0 Å². The third-order valence-corrected chi connectivity index (χ3v) is 5.58. The quantitative estimate of drug-likeness (QED) is 0.760. The molecule has 1 saturated heterocycles. The molecule has 3 atom stereocenters. The van der Waals surface area contributed by atoms with Gasteiger partial charge in [-0.25, -0.2) is 0 Å². The molecule has 0 spiro atoms. The molecular formula is C15H22NOP. The molecule has 3 heteroatoms. The lowest BCUT2D eigenvalue weighted by atomic mass is 9.67. The SMILES string of the molecule is COc1cccc(C2(C)C3CCC2CN(P)C3)c1. The van der Waals surface area contributed by atoms with Crippen molar-refractivity contribution in [2.24, 2.45) is 11.8 Å². The van der Waals surface area contributed by atoms with Crippen molar-refractivity contribution in [3.63, 3.8) is 0 Å². The Balaban J connectivity index is 1.99. The molecule has 2 aliphatic rings. The second-order valence-corrected chi connectivity index (χ2v) is 6.67. The van der Waals surface area contributed by atoms with Gasteiger partial charge < -0.3 is 4.74 Å². The second kappa shape index (κ2) is 4.51. The van der Waals surface area contributed by atoms with Crippen LogP contribution >= 0.6 is 9.39 Å². The van der Waals surface area contributed by atoms with Crippen LogP contribution in [0.15, 0.2) is 24.3 Å². The number of fused-ring (bicyclic) bond motifs is 2. The fraction of sp³-hybridized carbons (Fsp3) is 0.600. The van der Waals surface area contributed by atoms with Gasteiger partial charge in [-0.2, -0.15) is 0 Å². The van der Waals surface area contributed by atoms with E-state index in [4.69, 9.17) is 4.74 Å². The largest absolute Gasteiger partial charge is 0.497 e. The highest BCUT2D eigenvalue weighted by Crippen LogP contribution is 2.53. The van der Waals surface area contributed by atoms with Gasteiger partial charge in [-0.15, -0.1) is 0 Å². The summed E-state index contributed by atoms with van der Waals surface area (Å²) in [7, 11) is 4.64. The zero-order valence-corrected chi connectivity index (χ0v) is 12.4. The van der Waals surface area contributed by atoms with Crippen molar-refractivity contribution in [3.05, 3.63) is 29.8 Å². The minimum absolute atomic E-state index is 0.335. The number of hydrogen-bond acceptors (Lipinski definition) is 2. The highest BCUT2D eigenvalue weighted by Gasteiger charge is 2.51. The molecular weight excluding hydrogens is 241 g/mol. The van der Waals surface area contributed by atoms with Crippen LogP contribution in [0.1, 0.15) is 25.3 Å². The second-order valence-electron chi connectivity index (χ2n) is 5.94. The third kappa shape index (κ3) is 1.78. The molecule has 0 N–H and O–H groups in total. The minimum Gasteiger partial charge on any atom is -0.497 e. The van der Waals surface area contributed by atoms with E-state index in [0.29, 0.717) is 5.41 Å². The molecule has 1 aromatic rings. The molecule has 1 heterocycles. The molecule has 0 amide bonds. The first-order valence-electron chi connectivity index (χ1n) is 6.78. The average Bonchev–Trinajstić information content (AvgIpc) is 2.58. The smallest absolute Gasteiger partial charge is 0.119 e. The normalized spacial score (nSPS) is 35.7. The standard InChI is InChI=1S/C15H22NOP/c1-15(11-4-3-5-14(8-11)17-2)12-6-7-13(15)10-16(18)9-12/h3-5,8,12-13H,6-7,9-10,18H2,1-2H3. The summed E-state index contributed by atoms with van der Waals surface area (Å²) in [6, 6.07) is 8.70. The van der Waals surface area contributed by atoms with Crippen LogP contribution in [0.3, 0.4) is 0 Å². The summed E-state index contributed by atoms with van der Waals surface area (Å²) < 4.78 is 7.81.